The van der Waals surface area contributed by atoms with E-state index < -0.39 is 0 Å². The molecule has 1 N–H and O–H groups in total. The van der Waals surface area contributed by atoms with Crippen molar-refractivity contribution < 1.29 is 9.53 Å². The normalized spacial score (nSPS) is 15.3. The first kappa shape index (κ1) is 21.0. The lowest BCUT2D eigenvalue weighted by atomic mass is 9.96. The smallest absolute Gasteiger partial charge is 0.263 e. The molecule has 0 atom stereocenters. The average Bonchev–Trinajstić information content (AvgIpc) is 2.72. The molecule has 1 saturated heterocycles. The number of nitrogens with one attached hydrogen (secondary N) is 1. The SMILES string of the molecule is COc1ccc(CCN(CC2CCN(C)CC2)C(=O)c2cnc(C)[nH]c2=O)cc1. The Kier molecular flexibility index (Phi) is 7.04. The minimum Gasteiger partial charge on any atom is -0.497 e. The zero-order chi connectivity index (χ0) is 20.8. The van der Waals surface area contributed by atoms with Crippen molar-refractivity contribution in [3.8, 4) is 5.75 Å². The van der Waals surface area contributed by atoms with Gasteiger partial charge in [0.25, 0.3) is 11.5 Å². The fourth-order valence-electron chi connectivity index (χ4n) is 3.69. The average molecular weight is 399 g/mol. The van der Waals surface area contributed by atoms with Gasteiger partial charge in [-0.15, -0.1) is 0 Å². The van der Waals surface area contributed by atoms with Gasteiger partial charge in [0, 0.05) is 19.3 Å². The van der Waals surface area contributed by atoms with Crippen LogP contribution in [-0.2, 0) is 6.42 Å². The van der Waals surface area contributed by atoms with E-state index in [1.54, 1.807) is 14.0 Å². The molecular formula is C22H30N4O3. The van der Waals surface area contributed by atoms with Crippen molar-refractivity contribution in [1.29, 1.82) is 0 Å². The molecular weight excluding hydrogens is 368 g/mol. The molecule has 0 saturated carbocycles. The molecule has 1 aliphatic heterocycles. The molecule has 1 aliphatic rings. The molecule has 1 fully saturated rings. The molecule has 1 aromatic heterocycles. The van der Waals surface area contributed by atoms with Crippen LogP contribution in [0, 0.1) is 12.8 Å². The summed E-state index contributed by atoms with van der Waals surface area (Å²) in [6.07, 6.45) is 4.24. The fourth-order valence-corrected chi connectivity index (χ4v) is 3.69. The minimum absolute atomic E-state index is 0.109. The molecule has 7 nitrogen and oxygen atoms in total. The number of ether oxygens (including phenoxy) is 1. The van der Waals surface area contributed by atoms with Crippen molar-refractivity contribution in [3.63, 3.8) is 0 Å². The number of rotatable bonds is 7. The van der Waals surface area contributed by atoms with E-state index in [2.05, 4.69) is 21.9 Å². The van der Waals surface area contributed by atoms with Crippen LogP contribution in [0.15, 0.2) is 35.3 Å². The maximum Gasteiger partial charge on any atom is 0.263 e. The number of hydrogen-bond acceptors (Lipinski definition) is 5. The molecule has 2 aromatic rings. The van der Waals surface area contributed by atoms with Crippen molar-refractivity contribution in [2.24, 2.45) is 5.92 Å². The Morgan fingerprint density at radius 2 is 1.97 bits per heavy atom. The number of benzene rings is 1. The minimum atomic E-state index is -0.375. The fraction of sp³-hybridized carbons (Fsp3) is 0.500. The topological polar surface area (TPSA) is 78.5 Å². The molecule has 2 heterocycles. The monoisotopic (exact) mass is 398 g/mol. The van der Waals surface area contributed by atoms with Gasteiger partial charge >= 0.3 is 0 Å². The van der Waals surface area contributed by atoms with E-state index in [0.717, 1.165) is 43.7 Å². The lowest BCUT2D eigenvalue weighted by Gasteiger charge is -2.33. The van der Waals surface area contributed by atoms with E-state index in [9.17, 15) is 9.59 Å². The van der Waals surface area contributed by atoms with Crippen molar-refractivity contribution in [1.82, 2.24) is 19.8 Å². The summed E-state index contributed by atoms with van der Waals surface area (Å²) in [5.41, 5.74) is 0.863. The molecule has 3 rings (SSSR count). The van der Waals surface area contributed by atoms with Crippen LogP contribution in [0.5, 0.6) is 5.75 Å². The van der Waals surface area contributed by atoms with Crippen LogP contribution in [0.1, 0.15) is 34.6 Å². The Hall–Kier alpha value is -2.67. The molecule has 29 heavy (non-hydrogen) atoms. The Morgan fingerprint density at radius 3 is 2.59 bits per heavy atom. The largest absolute Gasteiger partial charge is 0.497 e. The summed E-state index contributed by atoms with van der Waals surface area (Å²) in [5.74, 6) is 1.52. The molecule has 1 aromatic carbocycles. The summed E-state index contributed by atoms with van der Waals surface area (Å²) in [4.78, 5) is 36.4. The van der Waals surface area contributed by atoms with Gasteiger partial charge in [0.2, 0.25) is 0 Å². The zero-order valence-electron chi connectivity index (χ0n) is 17.5. The van der Waals surface area contributed by atoms with Gasteiger partial charge in [-0.1, -0.05) is 12.1 Å². The predicted molar refractivity (Wildman–Crippen MR) is 112 cm³/mol. The van der Waals surface area contributed by atoms with Gasteiger partial charge in [-0.25, -0.2) is 4.98 Å². The van der Waals surface area contributed by atoms with E-state index in [0.29, 0.717) is 24.8 Å². The zero-order valence-corrected chi connectivity index (χ0v) is 17.5. The summed E-state index contributed by atoms with van der Waals surface area (Å²) in [5, 5.41) is 0. The molecule has 0 unspecified atom stereocenters. The third kappa shape index (κ3) is 5.67. The van der Waals surface area contributed by atoms with Gasteiger partial charge in [0.15, 0.2) is 0 Å². The van der Waals surface area contributed by atoms with E-state index in [-0.39, 0.29) is 17.0 Å². The van der Waals surface area contributed by atoms with Gasteiger partial charge in [-0.05, 0) is 69.9 Å². The highest BCUT2D eigenvalue weighted by Crippen LogP contribution is 2.19. The number of likely N-dealkylation sites (tertiary alicyclic amines) is 1. The van der Waals surface area contributed by atoms with Gasteiger partial charge in [0.1, 0.15) is 17.1 Å². The Morgan fingerprint density at radius 1 is 1.28 bits per heavy atom. The van der Waals surface area contributed by atoms with Crippen molar-refractivity contribution in [2.75, 3.05) is 40.3 Å². The van der Waals surface area contributed by atoms with Gasteiger partial charge in [0.05, 0.1) is 7.11 Å². The van der Waals surface area contributed by atoms with Crippen molar-refractivity contribution in [2.45, 2.75) is 26.2 Å². The number of aromatic amines is 1. The molecule has 0 aliphatic carbocycles. The van der Waals surface area contributed by atoms with Crippen molar-refractivity contribution in [3.05, 3.63) is 57.8 Å². The van der Waals surface area contributed by atoms with Crippen LogP contribution >= 0.6 is 0 Å². The summed E-state index contributed by atoms with van der Waals surface area (Å²) < 4.78 is 5.21. The summed E-state index contributed by atoms with van der Waals surface area (Å²) in [6, 6.07) is 7.87. The first-order valence-corrected chi connectivity index (χ1v) is 10.1. The molecule has 0 spiro atoms. The first-order valence-electron chi connectivity index (χ1n) is 10.1. The number of H-pyrrole nitrogens is 1. The second kappa shape index (κ2) is 9.69. The van der Waals surface area contributed by atoms with E-state index in [1.165, 1.54) is 6.20 Å². The molecule has 0 bridgehead atoms. The lowest BCUT2D eigenvalue weighted by Crippen LogP contribution is -2.42. The molecule has 0 radical (unpaired) electrons. The number of aryl methyl sites for hydroxylation is 1. The third-order valence-corrected chi connectivity index (χ3v) is 5.59. The number of carbonyl (C=O) groups is 1. The number of nitrogens with zero attached hydrogens (tertiary/aromatic N) is 3. The van der Waals surface area contributed by atoms with Crippen LogP contribution in [0.25, 0.3) is 0 Å². The molecule has 1 amide bonds. The molecule has 7 heteroatoms. The summed E-state index contributed by atoms with van der Waals surface area (Å²) >= 11 is 0. The third-order valence-electron chi connectivity index (χ3n) is 5.59. The highest BCUT2D eigenvalue weighted by Gasteiger charge is 2.25. The van der Waals surface area contributed by atoms with E-state index >= 15 is 0 Å². The summed E-state index contributed by atoms with van der Waals surface area (Å²) in [7, 11) is 3.77. The number of amides is 1. The highest BCUT2D eigenvalue weighted by atomic mass is 16.5. The molecule has 156 valence electrons. The second-order valence-corrected chi connectivity index (χ2v) is 7.81. The quantitative estimate of drug-likeness (QED) is 0.773. The van der Waals surface area contributed by atoms with Crippen LogP contribution in [0.2, 0.25) is 0 Å². The number of aromatic nitrogens is 2. The Balaban J connectivity index is 1.74. The maximum atomic E-state index is 13.2. The van der Waals surface area contributed by atoms with Crippen LogP contribution in [0.3, 0.4) is 0 Å². The predicted octanol–water partition coefficient (Wildman–Crippen LogP) is 2.11. The number of piperidine rings is 1. The Bertz CT molecular complexity index is 870. The van der Waals surface area contributed by atoms with Gasteiger partial charge < -0.3 is 19.5 Å². The van der Waals surface area contributed by atoms with Crippen LogP contribution < -0.4 is 10.3 Å². The van der Waals surface area contributed by atoms with Crippen molar-refractivity contribution >= 4 is 5.91 Å². The second-order valence-electron chi connectivity index (χ2n) is 7.81. The van der Waals surface area contributed by atoms with Crippen LogP contribution in [0.4, 0.5) is 0 Å². The Labute approximate surface area is 171 Å². The van der Waals surface area contributed by atoms with E-state index in [4.69, 9.17) is 4.74 Å². The van der Waals surface area contributed by atoms with E-state index in [1.807, 2.05) is 29.2 Å². The highest BCUT2D eigenvalue weighted by molar-refractivity contribution is 5.93. The van der Waals surface area contributed by atoms with Gasteiger partial charge in [-0.3, -0.25) is 9.59 Å². The maximum absolute atomic E-state index is 13.2. The van der Waals surface area contributed by atoms with Gasteiger partial charge in [-0.2, -0.15) is 0 Å². The van der Waals surface area contributed by atoms with Crippen LogP contribution in [-0.4, -0.2) is 66.0 Å². The number of carbonyl (C=O) groups excluding carboxylic acids is 1. The standard InChI is InChI=1S/C22H30N4O3/c1-16-23-14-20(21(27)24-16)22(28)26(15-18-8-11-25(2)12-9-18)13-10-17-4-6-19(29-3)7-5-17/h4-7,14,18H,8-13,15H2,1-3H3,(H,23,24,27). The first-order chi connectivity index (χ1) is 14.0. The summed E-state index contributed by atoms with van der Waals surface area (Å²) in [6.45, 7) is 5.01. The lowest BCUT2D eigenvalue weighted by molar-refractivity contribution is 0.0698. The number of hydrogen-bond donors (Lipinski definition) is 1. The number of methoxy groups -OCH3 is 1.